The highest BCUT2D eigenvalue weighted by Crippen LogP contribution is 2.25. The summed E-state index contributed by atoms with van der Waals surface area (Å²) in [6, 6.07) is 12.3. The largest absolute Gasteiger partial charge is 0.392 e. The monoisotopic (exact) mass is 319 g/mol. The predicted molar refractivity (Wildman–Crippen MR) is 83.3 cm³/mol. The van der Waals surface area contributed by atoms with E-state index in [1.807, 2.05) is 24.3 Å². The van der Waals surface area contributed by atoms with E-state index >= 15 is 0 Å². The van der Waals surface area contributed by atoms with E-state index in [0.717, 1.165) is 17.8 Å². The molecule has 0 aliphatic rings. The van der Waals surface area contributed by atoms with Crippen molar-refractivity contribution in [2.75, 3.05) is 5.32 Å². The highest BCUT2D eigenvalue weighted by atomic mass is 79.9. The van der Waals surface area contributed by atoms with Crippen LogP contribution in [-0.4, -0.2) is 5.11 Å². The molecule has 2 N–H and O–H groups in total. The van der Waals surface area contributed by atoms with Gasteiger partial charge >= 0.3 is 0 Å². The molecule has 2 rings (SSSR count). The van der Waals surface area contributed by atoms with Crippen molar-refractivity contribution in [1.29, 1.82) is 0 Å². The lowest BCUT2D eigenvalue weighted by atomic mass is 10.1. The fourth-order valence-electron chi connectivity index (χ4n) is 2.01. The number of aryl methyl sites for hydroxylation is 2. The summed E-state index contributed by atoms with van der Waals surface area (Å²) in [6.07, 6.45) is 0. The Labute approximate surface area is 122 Å². The van der Waals surface area contributed by atoms with Gasteiger partial charge < -0.3 is 10.4 Å². The van der Waals surface area contributed by atoms with E-state index in [-0.39, 0.29) is 6.61 Å². The Bertz CT molecular complexity index is 540. The van der Waals surface area contributed by atoms with Gasteiger partial charge in [0.15, 0.2) is 0 Å². The van der Waals surface area contributed by atoms with E-state index in [4.69, 9.17) is 5.11 Å². The third kappa shape index (κ3) is 3.58. The van der Waals surface area contributed by atoms with Crippen LogP contribution in [0.15, 0.2) is 40.9 Å². The number of aliphatic hydroxyl groups is 1. The Morgan fingerprint density at radius 3 is 2.05 bits per heavy atom. The maximum absolute atomic E-state index is 9.00. The number of hydrogen-bond acceptors (Lipinski definition) is 2. The lowest BCUT2D eigenvalue weighted by Crippen LogP contribution is -2.00. The SMILES string of the molecule is Cc1cc(NCc2ccc(CO)cc2)cc(C)c1Br. The molecule has 0 amide bonds. The van der Waals surface area contributed by atoms with Crippen LogP contribution in [0.4, 0.5) is 5.69 Å². The van der Waals surface area contributed by atoms with Gasteiger partial charge in [-0.1, -0.05) is 40.2 Å². The summed E-state index contributed by atoms with van der Waals surface area (Å²) in [7, 11) is 0. The van der Waals surface area contributed by atoms with Crippen molar-refractivity contribution in [2.24, 2.45) is 0 Å². The number of hydrogen-bond donors (Lipinski definition) is 2. The zero-order valence-corrected chi connectivity index (χ0v) is 12.8. The third-order valence-electron chi connectivity index (χ3n) is 3.14. The molecule has 100 valence electrons. The highest BCUT2D eigenvalue weighted by molar-refractivity contribution is 9.10. The summed E-state index contributed by atoms with van der Waals surface area (Å²) in [5.74, 6) is 0. The predicted octanol–water partition coefficient (Wildman–Crippen LogP) is 4.17. The first-order valence-electron chi connectivity index (χ1n) is 6.29. The molecule has 0 unspecified atom stereocenters. The van der Waals surface area contributed by atoms with Crippen LogP contribution in [0.1, 0.15) is 22.3 Å². The normalized spacial score (nSPS) is 10.5. The van der Waals surface area contributed by atoms with Gasteiger partial charge in [-0.05, 0) is 48.2 Å². The summed E-state index contributed by atoms with van der Waals surface area (Å²) in [5, 5.41) is 12.4. The molecular weight excluding hydrogens is 302 g/mol. The molecule has 0 radical (unpaired) electrons. The molecule has 0 aromatic heterocycles. The molecule has 3 heteroatoms. The minimum Gasteiger partial charge on any atom is -0.392 e. The zero-order chi connectivity index (χ0) is 13.8. The summed E-state index contributed by atoms with van der Waals surface area (Å²) in [6.45, 7) is 5.07. The van der Waals surface area contributed by atoms with E-state index in [0.29, 0.717) is 0 Å². The van der Waals surface area contributed by atoms with Crippen molar-refractivity contribution >= 4 is 21.6 Å². The summed E-state index contributed by atoms with van der Waals surface area (Å²) in [5.41, 5.74) is 5.75. The van der Waals surface area contributed by atoms with Crippen molar-refractivity contribution in [1.82, 2.24) is 0 Å². The van der Waals surface area contributed by atoms with Crippen molar-refractivity contribution in [3.8, 4) is 0 Å². The Morgan fingerprint density at radius 1 is 1.00 bits per heavy atom. The third-order valence-corrected chi connectivity index (χ3v) is 4.39. The van der Waals surface area contributed by atoms with Crippen LogP contribution in [0.2, 0.25) is 0 Å². The summed E-state index contributed by atoms with van der Waals surface area (Å²) < 4.78 is 1.17. The molecule has 0 bridgehead atoms. The minimum absolute atomic E-state index is 0.0960. The van der Waals surface area contributed by atoms with Crippen molar-refractivity contribution < 1.29 is 5.11 Å². The number of aliphatic hydroxyl groups excluding tert-OH is 1. The van der Waals surface area contributed by atoms with Gasteiger partial charge in [-0.15, -0.1) is 0 Å². The first-order chi connectivity index (χ1) is 9.10. The molecule has 2 aromatic carbocycles. The van der Waals surface area contributed by atoms with Gasteiger partial charge in [-0.25, -0.2) is 0 Å². The number of anilines is 1. The smallest absolute Gasteiger partial charge is 0.0681 e. The van der Waals surface area contributed by atoms with Gasteiger partial charge in [-0.3, -0.25) is 0 Å². The molecule has 0 saturated carbocycles. The van der Waals surface area contributed by atoms with E-state index in [9.17, 15) is 0 Å². The first kappa shape index (κ1) is 14.1. The zero-order valence-electron chi connectivity index (χ0n) is 11.2. The van der Waals surface area contributed by atoms with Gasteiger partial charge in [0.25, 0.3) is 0 Å². The van der Waals surface area contributed by atoms with Gasteiger partial charge in [0.1, 0.15) is 0 Å². The maximum Gasteiger partial charge on any atom is 0.0681 e. The first-order valence-corrected chi connectivity index (χ1v) is 7.08. The average Bonchev–Trinajstić information content (AvgIpc) is 2.43. The number of benzene rings is 2. The van der Waals surface area contributed by atoms with Crippen molar-refractivity contribution in [3.05, 3.63) is 63.1 Å². The van der Waals surface area contributed by atoms with Gasteiger partial charge in [0.05, 0.1) is 6.61 Å². The van der Waals surface area contributed by atoms with Gasteiger partial charge in [0, 0.05) is 16.7 Å². The number of rotatable bonds is 4. The lowest BCUT2D eigenvalue weighted by Gasteiger charge is -2.11. The van der Waals surface area contributed by atoms with Crippen LogP contribution in [0.25, 0.3) is 0 Å². The van der Waals surface area contributed by atoms with Crippen LogP contribution in [0, 0.1) is 13.8 Å². The fraction of sp³-hybridized carbons (Fsp3) is 0.250. The molecule has 0 heterocycles. The quantitative estimate of drug-likeness (QED) is 0.886. The molecule has 0 fully saturated rings. The molecule has 2 nitrogen and oxygen atoms in total. The summed E-state index contributed by atoms with van der Waals surface area (Å²) >= 11 is 3.57. The van der Waals surface area contributed by atoms with Crippen LogP contribution in [0.3, 0.4) is 0 Å². The fourth-order valence-corrected chi connectivity index (χ4v) is 2.24. The Kier molecular flexibility index (Phi) is 4.61. The van der Waals surface area contributed by atoms with E-state index in [1.54, 1.807) is 0 Å². The molecule has 2 aromatic rings. The topological polar surface area (TPSA) is 32.3 Å². The van der Waals surface area contributed by atoms with E-state index < -0.39 is 0 Å². The Morgan fingerprint density at radius 2 is 1.53 bits per heavy atom. The standard InChI is InChI=1S/C16H18BrNO/c1-11-7-15(8-12(2)16(11)17)18-9-13-3-5-14(10-19)6-4-13/h3-8,18-19H,9-10H2,1-2H3. The van der Waals surface area contributed by atoms with Crippen LogP contribution in [-0.2, 0) is 13.2 Å². The molecule has 0 spiro atoms. The molecule has 0 aliphatic carbocycles. The van der Waals surface area contributed by atoms with Crippen molar-refractivity contribution in [3.63, 3.8) is 0 Å². The number of nitrogens with one attached hydrogen (secondary N) is 1. The highest BCUT2D eigenvalue weighted by Gasteiger charge is 2.02. The Hall–Kier alpha value is -1.32. The second kappa shape index (κ2) is 6.22. The number of halogens is 1. The molecule has 0 atom stereocenters. The van der Waals surface area contributed by atoms with E-state index in [2.05, 4.69) is 47.2 Å². The molecular formula is C16H18BrNO. The van der Waals surface area contributed by atoms with Gasteiger partial charge in [0.2, 0.25) is 0 Å². The lowest BCUT2D eigenvalue weighted by molar-refractivity contribution is 0.282. The molecule has 19 heavy (non-hydrogen) atoms. The van der Waals surface area contributed by atoms with Crippen LogP contribution in [0.5, 0.6) is 0 Å². The summed E-state index contributed by atoms with van der Waals surface area (Å²) in [4.78, 5) is 0. The molecule has 0 aliphatic heterocycles. The molecule has 0 saturated heterocycles. The van der Waals surface area contributed by atoms with Crippen LogP contribution >= 0.6 is 15.9 Å². The van der Waals surface area contributed by atoms with Crippen molar-refractivity contribution in [2.45, 2.75) is 27.0 Å². The van der Waals surface area contributed by atoms with E-state index in [1.165, 1.54) is 21.2 Å². The second-order valence-electron chi connectivity index (χ2n) is 4.75. The maximum atomic E-state index is 9.00. The minimum atomic E-state index is 0.0960. The average molecular weight is 320 g/mol. The van der Waals surface area contributed by atoms with Gasteiger partial charge in [-0.2, -0.15) is 0 Å². The Balaban J connectivity index is 2.05. The van der Waals surface area contributed by atoms with Crippen LogP contribution < -0.4 is 5.32 Å². The second-order valence-corrected chi connectivity index (χ2v) is 5.55.